The molecule has 6 nitrogen and oxygen atoms in total. The molecule has 1 aromatic carbocycles. The summed E-state index contributed by atoms with van der Waals surface area (Å²) in [7, 11) is 0. The van der Waals surface area contributed by atoms with Crippen molar-refractivity contribution in [3.05, 3.63) is 64.6 Å². The van der Waals surface area contributed by atoms with Gasteiger partial charge in [-0.2, -0.15) is 16.4 Å². The van der Waals surface area contributed by atoms with Crippen molar-refractivity contribution in [1.82, 2.24) is 20.4 Å². The van der Waals surface area contributed by atoms with Crippen LogP contribution in [0.2, 0.25) is 0 Å². The van der Waals surface area contributed by atoms with E-state index in [2.05, 4.69) is 56.6 Å². The number of thiophene rings is 1. The molecule has 1 aliphatic heterocycles. The second-order valence-corrected chi connectivity index (χ2v) is 9.02. The van der Waals surface area contributed by atoms with Crippen molar-refractivity contribution < 1.29 is 9.59 Å². The molecule has 0 bridgehead atoms. The molecule has 4 rings (SSSR count). The van der Waals surface area contributed by atoms with E-state index < -0.39 is 5.41 Å². The lowest BCUT2D eigenvalue weighted by molar-refractivity contribution is -0.130. The highest BCUT2D eigenvalue weighted by Gasteiger charge is 2.46. The number of likely N-dealkylation sites (tertiary alicyclic amines) is 1. The zero-order chi connectivity index (χ0) is 21.1. The maximum Gasteiger partial charge on any atom is 0.271 e. The van der Waals surface area contributed by atoms with Crippen molar-refractivity contribution in [1.29, 1.82) is 0 Å². The van der Waals surface area contributed by atoms with E-state index in [4.69, 9.17) is 0 Å². The Morgan fingerprint density at radius 2 is 2.00 bits per heavy atom. The first-order chi connectivity index (χ1) is 14.5. The molecule has 3 heterocycles. The maximum atomic E-state index is 13.2. The Bertz CT molecular complexity index is 997. The quantitative estimate of drug-likeness (QED) is 0.635. The first kappa shape index (κ1) is 20.3. The highest BCUT2D eigenvalue weighted by molar-refractivity contribution is 7.08. The minimum atomic E-state index is -0.635. The molecule has 7 heteroatoms. The van der Waals surface area contributed by atoms with Gasteiger partial charge in [0, 0.05) is 25.3 Å². The standard InChI is InChI=1S/C23H26N4O2S/c1-16(2)25-22(29)23(9-11-27(15-23)21(28)20-7-10-24-26-20)13-17-3-5-18(6-4-17)19-8-12-30-14-19/h3-8,10,12,14,16H,9,11,13,15H2,1-2H3,(H,24,26)(H,25,29)/t23-/m0/s1. The molecule has 1 aliphatic rings. The molecule has 30 heavy (non-hydrogen) atoms. The molecular formula is C23H26N4O2S. The van der Waals surface area contributed by atoms with Crippen molar-refractivity contribution in [2.75, 3.05) is 13.1 Å². The van der Waals surface area contributed by atoms with Gasteiger partial charge < -0.3 is 10.2 Å². The average Bonchev–Trinajstić information content (AvgIpc) is 3.49. The number of hydrogen-bond acceptors (Lipinski definition) is 4. The molecule has 3 aromatic rings. The van der Waals surface area contributed by atoms with E-state index in [0.717, 1.165) is 5.56 Å². The minimum absolute atomic E-state index is 0.0133. The molecule has 0 saturated carbocycles. The lowest BCUT2D eigenvalue weighted by Crippen LogP contribution is -2.47. The van der Waals surface area contributed by atoms with Crippen LogP contribution in [0.3, 0.4) is 0 Å². The van der Waals surface area contributed by atoms with E-state index in [9.17, 15) is 9.59 Å². The van der Waals surface area contributed by atoms with Gasteiger partial charge in [0.25, 0.3) is 5.91 Å². The van der Waals surface area contributed by atoms with Crippen LogP contribution in [0, 0.1) is 5.41 Å². The van der Waals surface area contributed by atoms with Gasteiger partial charge in [-0.1, -0.05) is 24.3 Å². The summed E-state index contributed by atoms with van der Waals surface area (Å²) in [6.45, 7) is 4.87. The second kappa shape index (κ2) is 8.44. The highest BCUT2D eigenvalue weighted by atomic mass is 32.1. The van der Waals surface area contributed by atoms with Crippen LogP contribution in [0.25, 0.3) is 11.1 Å². The molecular weight excluding hydrogens is 396 g/mol. The summed E-state index contributed by atoms with van der Waals surface area (Å²) in [6.07, 6.45) is 2.80. The number of carbonyl (C=O) groups is 2. The van der Waals surface area contributed by atoms with E-state index >= 15 is 0 Å². The van der Waals surface area contributed by atoms with Crippen LogP contribution in [0.1, 0.15) is 36.3 Å². The summed E-state index contributed by atoms with van der Waals surface area (Å²) in [5.41, 5.74) is 3.29. The van der Waals surface area contributed by atoms with Gasteiger partial charge in [0.1, 0.15) is 5.69 Å². The molecule has 2 N–H and O–H groups in total. The fourth-order valence-corrected chi connectivity index (χ4v) is 4.72. The van der Waals surface area contributed by atoms with Crippen LogP contribution in [0.15, 0.2) is 53.4 Å². The Morgan fingerprint density at radius 3 is 2.63 bits per heavy atom. The number of nitrogens with zero attached hydrogens (tertiary/aromatic N) is 2. The predicted molar refractivity (Wildman–Crippen MR) is 118 cm³/mol. The van der Waals surface area contributed by atoms with Crippen molar-refractivity contribution in [3.63, 3.8) is 0 Å². The van der Waals surface area contributed by atoms with Gasteiger partial charge >= 0.3 is 0 Å². The number of benzene rings is 1. The third-order valence-corrected chi connectivity index (χ3v) is 6.31. The fourth-order valence-electron chi connectivity index (χ4n) is 4.05. The SMILES string of the molecule is CC(C)NC(=O)[C@]1(Cc2ccc(-c3ccsc3)cc2)CCN(C(=O)c2ccn[nH]2)C1. The van der Waals surface area contributed by atoms with E-state index in [1.807, 2.05) is 13.8 Å². The van der Waals surface area contributed by atoms with Gasteiger partial charge in [-0.25, -0.2) is 0 Å². The molecule has 0 radical (unpaired) electrons. The summed E-state index contributed by atoms with van der Waals surface area (Å²) in [4.78, 5) is 27.8. The zero-order valence-electron chi connectivity index (χ0n) is 17.2. The lowest BCUT2D eigenvalue weighted by atomic mass is 9.79. The molecule has 2 amide bonds. The molecule has 0 aliphatic carbocycles. The summed E-state index contributed by atoms with van der Waals surface area (Å²) < 4.78 is 0. The Morgan fingerprint density at radius 1 is 1.20 bits per heavy atom. The van der Waals surface area contributed by atoms with Crippen molar-refractivity contribution in [2.24, 2.45) is 5.41 Å². The van der Waals surface area contributed by atoms with E-state index in [-0.39, 0.29) is 17.9 Å². The molecule has 1 saturated heterocycles. The van der Waals surface area contributed by atoms with Crippen molar-refractivity contribution >= 4 is 23.2 Å². The number of amides is 2. The van der Waals surface area contributed by atoms with Gasteiger partial charge in [-0.05, 0) is 66.3 Å². The van der Waals surface area contributed by atoms with E-state index in [1.54, 1.807) is 28.5 Å². The molecule has 1 atom stereocenters. The molecule has 0 spiro atoms. The van der Waals surface area contributed by atoms with Gasteiger partial charge in [0.05, 0.1) is 5.41 Å². The lowest BCUT2D eigenvalue weighted by Gasteiger charge is -2.29. The second-order valence-electron chi connectivity index (χ2n) is 8.24. The van der Waals surface area contributed by atoms with E-state index in [0.29, 0.717) is 31.6 Å². The highest BCUT2D eigenvalue weighted by Crippen LogP contribution is 2.36. The molecule has 2 aromatic heterocycles. The number of hydrogen-bond donors (Lipinski definition) is 2. The number of aromatic amines is 1. The van der Waals surface area contributed by atoms with Gasteiger partial charge in [0.2, 0.25) is 5.91 Å². The maximum absolute atomic E-state index is 13.2. The monoisotopic (exact) mass is 422 g/mol. The topological polar surface area (TPSA) is 78.1 Å². The first-order valence-corrected chi connectivity index (χ1v) is 11.1. The largest absolute Gasteiger partial charge is 0.353 e. The summed E-state index contributed by atoms with van der Waals surface area (Å²) in [5.74, 6) is -0.0983. The average molecular weight is 423 g/mol. The van der Waals surface area contributed by atoms with Crippen LogP contribution in [-0.2, 0) is 11.2 Å². The number of H-pyrrole nitrogens is 1. The van der Waals surface area contributed by atoms with Crippen molar-refractivity contribution in [2.45, 2.75) is 32.7 Å². The predicted octanol–water partition coefficient (Wildman–Crippen LogP) is 3.74. The number of rotatable bonds is 6. The van der Waals surface area contributed by atoms with Crippen LogP contribution in [-0.4, -0.2) is 46.0 Å². The summed E-state index contributed by atoms with van der Waals surface area (Å²) >= 11 is 1.68. The Balaban J connectivity index is 1.56. The van der Waals surface area contributed by atoms with Crippen LogP contribution < -0.4 is 5.32 Å². The molecule has 1 fully saturated rings. The minimum Gasteiger partial charge on any atom is -0.353 e. The number of nitrogens with one attached hydrogen (secondary N) is 2. The van der Waals surface area contributed by atoms with Crippen molar-refractivity contribution in [3.8, 4) is 11.1 Å². The van der Waals surface area contributed by atoms with Crippen LogP contribution >= 0.6 is 11.3 Å². The van der Waals surface area contributed by atoms with E-state index in [1.165, 1.54) is 11.1 Å². The van der Waals surface area contributed by atoms with Crippen LogP contribution in [0.4, 0.5) is 0 Å². The van der Waals surface area contributed by atoms with Gasteiger partial charge in [-0.3, -0.25) is 14.7 Å². The van der Waals surface area contributed by atoms with Gasteiger partial charge in [0.15, 0.2) is 0 Å². The fraction of sp³-hybridized carbons (Fsp3) is 0.348. The summed E-state index contributed by atoms with van der Waals surface area (Å²) in [5, 5.41) is 13.9. The number of carbonyl (C=O) groups excluding carboxylic acids is 2. The smallest absolute Gasteiger partial charge is 0.271 e. The molecule has 156 valence electrons. The van der Waals surface area contributed by atoms with Crippen LogP contribution in [0.5, 0.6) is 0 Å². The first-order valence-electron chi connectivity index (χ1n) is 10.2. The Labute approximate surface area is 180 Å². The third kappa shape index (κ3) is 4.16. The normalized spacial score (nSPS) is 18.7. The Hall–Kier alpha value is -2.93. The van der Waals surface area contributed by atoms with Gasteiger partial charge in [-0.15, -0.1) is 0 Å². The zero-order valence-corrected chi connectivity index (χ0v) is 18.0. The molecule has 0 unspecified atom stereocenters. The Kier molecular flexibility index (Phi) is 5.72. The summed E-state index contributed by atoms with van der Waals surface area (Å²) in [6, 6.07) is 12.2. The number of aromatic nitrogens is 2. The third-order valence-electron chi connectivity index (χ3n) is 5.62.